The van der Waals surface area contributed by atoms with Crippen LogP contribution in [-0.2, 0) is 5.54 Å². The molecule has 0 aliphatic carbocycles. The molecule has 0 amide bonds. The Morgan fingerprint density at radius 3 is 2.38 bits per heavy atom. The Hall–Kier alpha value is -1.16. The van der Waals surface area contributed by atoms with Crippen LogP contribution in [0.4, 0.5) is 8.78 Å². The van der Waals surface area contributed by atoms with E-state index in [4.69, 9.17) is 0 Å². The third kappa shape index (κ3) is 1.78. The van der Waals surface area contributed by atoms with Crippen LogP contribution in [0.1, 0.15) is 25.3 Å². The minimum Gasteiger partial charge on any atom is -0.491 e. The van der Waals surface area contributed by atoms with Crippen molar-refractivity contribution >= 4 is 0 Å². The molecule has 16 heavy (non-hydrogen) atoms. The molecule has 0 saturated carbocycles. The number of nitrogens with one attached hydrogen (secondary N) is 1. The van der Waals surface area contributed by atoms with E-state index in [0.717, 1.165) is 19.4 Å². The molecule has 1 aliphatic rings. The number of hydrogen-bond acceptors (Lipinski definition) is 2. The minimum atomic E-state index is -0.646. The van der Waals surface area contributed by atoms with Gasteiger partial charge in [-0.05, 0) is 44.0 Å². The normalized spacial score (nSPS) is 24.8. The molecule has 1 aliphatic heterocycles. The predicted octanol–water partition coefficient (Wildman–Crippen LogP) is 2.57. The molecule has 0 radical (unpaired) electrons. The lowest BCUT2D eigenvalue weighted by atomic mass is 9.90. The number of methoxy groups -OCH3 is 1. The molecule has 0 spiro atoms. The lowest BCUT2D eigenvalue weighted by molar-refractivity contribution is 0.354. The van der Waals surface area contributed by atoms with Crippen LogP contribution < -0.4 is 10.1 Å². The van der Waals surface area contributed by atoms with E-state index in [9.17, 15) is 8.78 Å². The number of rotatable bonds is 2. The fraction of sp³-hybridized carbons (Fsp3) is 0.500. The second kappa shape index (κ2) is 4.01. The van der Waals surface area contributed by atoms with E-state index >= 15 is 0 Å². The summed E-state index contributed by atoms with van der Waals surface area (Å²) in [6, 6.07) is 2.69. The summed E-state index contributed by atoms with van der Waals surface area (Å²) >= 11 is 0. The second-order valence-corrected chi connectivity index (χ2v) is 4.34. The second-order valence-electron chi connectivity index (χ2n) is 4.34. The van der Waals surface area contributed by atoms with Crippen molar-refractivity contribution in [1.82, 2.24) is 5.32 Å². The van der Waals surface area contributed by atoms with E-state index < -0.39 is 11.6 Å². The van der Waals surface area contributed by atoms with Crippen molar-refractivity contribution in [1.29, 1.82) is 0 Å². The van der Waals surface area contributed by atoms with Gasteiger partial charge in [-0.15, -0.1) is 0 Å². The molecule has 1 heterocycles. The van der Waals surface area contributed by atoms with Gasteiger partial charge in [0.15, 0.2) is 17.4 Å². The SMILES string of the molecule is COc1c(F)cc(C2(C)CCCN2)cc1F. The summed E-state index contributed by atoms with van der Waals surface area (Å²) < 4.78 is 31.7. The highest BCUT2D eigenvalue weighted by Gasteiger charge is 2.31. The van der Waals surface area contributed by atoms with Crippen molar-refractivity contribution in [3.63, 3.8) is 0 Å². The number of hydrogen-bond donors (Lipinski definition) is 1. The molecule has 1 saturated heterocycles. The molecule has 88 valence electrons. The summed E-state index contributed by atoms with van der Waals surface area (Å²) in [7, 11) is 1.26. The van der Waals surface area contributed by atoms with Crippen LogP contribution in [0.15, 0.2) is 12.1 Å². The summed E-state index contributed by atoms with van der Waals surface area (Å²) in [4.78, 5) is 0. The molecule has 0 aromatic heterocycles. The zero-order chi connectivity index (χ0) is 11.8. The van der Waals surface area contributed by atoms with Crippen LogP contribution >= 0.6 is 0 Å². The van der Waals surface area contributed by atoms with Crippen molar-refractivity contribution in [2.45, 2.75) is 25.3 Å². The maximum absolute atomic E-state index is 13.5. The molecule has 1 fully saturated rings. The van der Waals surface area contributed by atoms with Crippen molar-refractivity contribution in [3.8, 4) is 5.75 Å². The van der Waals surface area contributed by atoms with Gasteiger partial charge >= 0.3 is 0 Å². The van der Waals surface area contributed by atoms with Crippen molar-refractivity contribution in [2.75, 3.05) is 13.7 Å². The van der Waals surface area contributed by atoms with Crippen LogP contribution in [0.2, 0.25) is 0 Å². The largest absolute Gasteiger partial charge is 0.491 e. The van der Waals surface area contributed by atoms with E-state index in [1.165, 1.54) is 19.2 Å². The molecule has 1 unspecified atom stereocenters. The summed E-state index contributed by atoms with van der Waals surface area (Å²) in [5.41, 5.74) is 0.314. The fourth-order valence-electron chi connectivity index (χ4n) is 2.21. The predicted molar refractivity (Wildman–Crippen MR) is 57.5 cm³/mol. The highest BCUT2D eigenvalue weighted by molar-refractivity contribution is 5.35. The van der Waals surface area contributed by atoms with E-state index in [0.29, 0.717) is 5.56 Å². The van der Waals surface area contributed by atoms with E-state index in [1.807, 2.05) is 6.92 Å². The molecular formula is C12H15F2NO. The first-order valence-electron chi connectivity index (χ1n) is 5.35. The molecular weight excluding hydrogens is 212 g/mol. The van der Waals surface area contributed by atoms with Gasteiger partial charge < -0.3 is 10.1 Å². The molecule has 4 heteroatoms. The van der Waals surface area contributed by atoms with Gasteiger partial charge in [0.25, 0.3) is 0 Å². The maximum Gasteiger partial charge on any atom is 0.190 e. The van der Waals surface area contributed by atoms with Crippen LogP contribution in [0, 0.1) is 11.6 Å². The first-order chi connectivity index (χ1) is 7.57. The Bertz CT molecular complexity index is 377. The molecule has 2 nitrogen and oxygen atoms in total. The average Bonchev–Trinajstić information content (AvgIpc) is 2.66. The molecule has 1 aromatic carbocycles. The highest BCUT2D eigenvalue weighted by atomic mass is 19.1. The van der Waals surface area contributed by atoms with Gasteiger partial charge in [0.05, 0.1) is 7.11 Å². The highest BCUT2D eigenvalue weighted by Crippen LogP contribution is 2.33. The lowest BCUT2D eigenvalue weighted by Crippen LogP contribution is -2.33. The lowest BCUT2D eigenvalue weighted by Gasteiger charge is -2.25. The van der Waals surface area contributed by atoms with Crippen LogP contribution in [0.25, 0.3) is 0 Å². The third-order valence-corrected chi connectivity index (χ3v) is 3.21. The molecule has 1 N–H and O–H groups in total. The van der Waals surface area contributed by atoms with Gasteiger partial charge in [-0.2, -0.15) is 0 Å². The summed E-state index contributed by atoms with van der Waals surface area (Å²) in [6.45, 7) is 2.84. The van der Waals surface area contributed by atoms with Crippen LogP contribution in [0.3, 0.4) is 0 Å². The van der Waals surface area contributed by atoms with Gasteiger partial charge in [0, 0.05) is 5.54 Å². The van der Waals surface area contributed by atoms with Gasteiger partial charge in [-0.25, -0.2) is 8.78 Å². The monoisotopic (exact) mass is 227 g/mol. The zero-order valence-electron chi connectivity index (χ0n) is 9.44. The van der Waals surface area contributed by atoms with Gasteiger partial charge in [-0.1, -0.05) is 0 Å². The maximum atomic E-state index is 13.5. The number of ether oxygens (including phenoxy) is 1. The van der Waals surface area contributed by atoms with Gasteiger partial charge in [0.2, 0.25) is 0 Å². The molecule has 2 rings (SSSR count). The van der Waals surface area contributed by atoms with E-state index in [2.05, 4.69) is 10.1 Å². The number of halogens is 2. The topological polar surface area (TPSA) is 21.3 Å². The third-order valence-electron chi connectivity index (χ3n) is 3.21. The summed E-state index contributed by atoms with van der Waals surface area (Å²) in [5.74, 6) is -1.61. The molecule has 1 aromatic rings. The minimum absolute atomic E-state index is 0.314. The Balaban J connectivity index is 2.43. The van der Waals surface area contributed by atoms with Crippen molar-refractivity contribution in [2.24, 2.45) is 0 Å². The van der Waals surface area contributed by atoms with Crippen molar-refractivity contribution in [3.05, 3.63) is 29.3 Å². The Morgan fingerprint density at radius 1 is 1.31 bits per heavy atom. The van der Waals surface area contributed by atoms with Gasteiger partial charge in [-0.3, -0.25) is 0 Å². The Labute approximate surface area is 93.6 Å². The standard InChI is InChI=1S/C12H15F2NO/c1-12(4-3-5-15-12)8-6-9(13)11(16-2)10(14)7-8/h6-7,15H,3-5H2,1-2H3. The summed E-state index contributed by atoms with van der Waals surface area (Å²) in [5, 5.41) is 3.27. The first-order valence-corrected chi connectivity index (χ1v) is 5.35. The van der Waals surface area contributed by atoms with Crippen LogP contribution in [0.5, 0.6) is 5.75 Å². The molecule has 0 bridgehead atoms. The number of benzene rings is 1. The Morgan fingerprint density at radius 2 is 1.94 bits per heavy atom. The van der Waals surface area contributed by atoms with Crippen molar-refractivity contribution < 1.29 is 13.5 Å². The average molecular weight is 227 g/mol. The fourth-order valence-corrected chi connectivity index (χ4v) is 2.21. The van der Waals surface area contributed by atoms with Crippen LogP contribution in [-0.4, -0.2) is 13.7 Å². The quantitative estimate of drug-likeness (QED) is 0.838. The van der Waals surface area contributed by atoms with E-state index in [1.54, 1.807) is 0 Å². The molecule has 1 atom stereocenters. The smallest absolute Gasteiger partial charge is 0.190 e. The summed E-state index contributed by atoms with van der Waals surface area (Å²) in [6.07, 6.45) is 1.91. The zero-order valence-corrected chi connectivity index (χ0v) is 9.44. The van der Waals surface area contributed by atoms with Gasteiger partial charge in [0.1, 0.15) is 0 Å². The Kier molecular flexibility index (Phi) is 2.84. The first kappa shape index (κ1) is 11.3. The van der Waals surface area contributed by atoms with E-state index in [-0.39, 0.29) is 11.3 Å².